The lowest BCUT2D eigenvalue weighted by molar-refractivity contribution is -0.129. The quantitative estimate of drug-likeness (QED) is 0.706. The number of amides is 6. The summed E-state index contributed by atoms with van der Waals surface area (Å²) in [5.41, 5.74) is 1.00. The highest BCUT2D eigenvalue weighted by molar-refractivity contribution is 6.07. The van der Waals surface area contributed by atoms with Gasteiger partial charge in [0.1, 0.15) is 5.54 Å². The second kappa shape index (κ2) is 7.86. The van der Waals surface area contributed by atoms with Crippen LogP contribution in [0.15, 0.2) is 18.2 Å². The van der Waals surface area contributed by atoms with Crippen LogP contribution in [-0.4, -0.2) is 76.8 Å². The summed E-state index contributed by atoms with van der Waals surface area (Å²) < 4.78 is 0. The van der Waals surface area contributed by atoms with Crippen molar-refractivity contribution in [3.8, 4) is 0 Å². The molecule has 0 aromatic heterocycles. The monoisotopic (exact) mass is 427 g/mol. The number of benzene rings is 1. The van der Waals surface area contributed by atoms with Crippen molar-refractivity contribution in [1.82, 2.24) is 20.0 Å². The molecule has 31 heavy (non-hydrogen) atoms. The SMILES string of the molecule is Cc1cc(C(=O)N2CCCCC2C)ccc1NC(=O)N1CCC2(C1)NC(=O)N(C)C2=O. The van der Waals surface area contributed by atoms with E-state index in [0.29, 0.717) is 24.2 Å². The van der Waals surface area contributed by atoms with Crippen molar-refractivity contribution in [3.63, 3.8) is 0 Å². The molecule has 9 heteroatoms. The lowest BCUT2D eigenvalue weighted by Crippen LogP contribution is -2.50. The Morgan fingerprint density at radius 3 is 2.61 bits per heavy atom. The van der Waals surface area contributed by atoms with Crippen LogP contribution in [0.5, 0.6) is 0 Å². The van der Waals surface area contributed by atoms with E-state index in [4.69, 9.17) is 0 Å². The topological polar surface area (TPSA) is 102 Å². The molecule has 0 aliphatic carbocycles. The zero-order chi connectivity index (χ0) is 22.3. The number of carbonyl (C=O) groups is 4. The smallest absolute Gasteiger partial charge is 0.324 e. The Morgan fingerprint density at radius 1 is 1.19 bits per heavy atom. The van der Waals surface area contributed by atoms with Gasteiger partial charge in [0.05, 0.1) is 6.54 Å². The Balaban J connectivity index is 1.42. The summed E-state index contributed by atoms with van der Waals surface area (Å²) in [6.45, 7) is 5.22. The number of piperidine rings is 1. The fourth-order valence-electron chi connectivity index (χ4n) is 4.71. The Bertz CT molecular complexity index is 948. The van der Waals surface area contributed by atoms with Crippen molar-refractivity contribution in [1.29, 1.82) is 0 Å². The van der Waals surface area contributed by atoms with Crippen LogP contribution in [0.1, 0.15) is 48.5 Å². The van der Waals surface area contributed by atoms with Crippen LogP contribution in [0.3, 0.4) is 0 Å². The molecule has 0 bridgehead atoms. The van der Waals surface area contributed by atoms with Gasteiger partial charge in [-0.15, -0.1) is 0 Å². The van der Waals surface area contributed by atoms with Gasteiger partial charge in [-0.25, -0.2) is 9.59 Å². The highest BCUT2D eigenvalue weighted by atomic mass is 16.2. The van der Waals surface area contributed by atoms with Gasteiger partial charge in [-0.05, 0) is 63.3 Å². The molecule has 166 valence electrons. The van der Waals surface area contributed by atoms with E-state index in [1.807, 2.05) is 11.8 Å². The lowest BCUT2D eigenvalue weighted by Gasteiger charge is -2.33. The Labute approximate surface area is 181 Å². The maximum absolute atomic E-state index is 12.9. The molecule has 3 aliphatic heterocycles. The summed E-state index contributed by atoms with van der Waals surface area (Å²) in [5, 5.41) is 5.59. The number of aryl methyl sites for hydroxylation is 1. The second-order valence-corrected chi connectivity index (χ2v) is 8.85. The third kappa shape index (κ3) is 3.73. The van der Waals surface area contributed by atoms with Crippen molar-refractivity contribution in [2.75, 3.05) is 32.0 Å². The normalized spacial score (nSPS) is 25.9. The molecule has 9 nitrogen and oxygen atoms in total. The number of imide groups is 1. The van der Waals surface area contributed by atoms with Crippen molar-refractivity contribution in [2.24, 2.45) is 0 Å². The Hall–Kier alpha value is -3.10. The zero-order valence-corrected chi connectivity index (χ0v) is 18.2. The first-order valence-electron chi connectivity index (χ1n) is 10.8. The molecule has 1 aromatic rings. The van der Waals surface area contributed by atoms with Gasteiger partial charge < -0.3 is 20.4 Å². The molecule has 0 saturated carbocycles. The van der Waals surface area contributed by atoms with Crippen LogP contribution in [0.25, 0.3) is 0 Å². The summed E-state index contributed by atoms with van der Waals surface area (Å²) in [6.07, 6.45) is 3.59. The minimum absolute atomic E-state index is 0.0225. The third-order valence-corrected chi connectivity index (χ3v) is 6.70. The van der Waals surface area contributed by atoms with Crippen LogP contribution in [0, 0.1) is 6.92 Å². The molecule has 2 unspecified atom stereocenters. The van der Waals surface area contributed by atoms with Crippen LogP contribution < -0.4 is 10.6 Å². The number of likely N-dealkylation sites (tertiary alicyclic amines) is 2. The van der Waals surface area contributed by atoms with E-state index in [2.05, 4.69) is 17.6 Å². The van der Waals surface area contributed by atoms with E-state index in [0.717, 1.165) is 36.3 Å². The average molecular weight is 428 g/mol. The van der Waals surface area contributed by atoms with Crippen LogP contribution >= 0.6 is 0 Å². The number of carbonyl (C=O) groups excluding carboxylic acids is 4. The number of nitrogens with zero attached hydrogens (tertiary/aromatic N) is 3. The van der Waals surface area contributed by atoms with E-state index >= 15 is 0 Å². The summed E-state index contributed by atoms with van der Waals surface area (Å²) in [7, 11) is 1.44. The fourth-order valence-corrected chi connectivity index (χ4v) is 4.71. The number of nitrogens with one attached hydrogen (secondary N) is 2. The lowest BCUT2D eigenvalue weighted by atomic mass is 9.99. The molecule has 3 saturated heterocycles. The number of hydrogen-bond donors (Lipinski definition) is 2. The maximum atomic E-state index is 12.9. The van der Waals surface area contributed by atoms with E-state index in [9.17, 15) is 19.2 Å². The van der Waals surface area contributed by atoms with Gasteiger partial charge in [0.15, 0.2) is 0 Å². The minimum Gasteiger partial charge on any atom is -0.336 e. The minimum atomic E-state index is -1.03. The fraction of sp³-hybridized carbons (Fsp3) is 0.545. The Kier molecular flexibility index (Phi) is 5.36. The summed E-state index contributed by atoms with van der Waals surface area (Å²) in [5.74, 6) is -0.284. The van der Waals surface area contributed by atoms with E-state index in [1.165, 1.54) is 11.9 Å². The number of likely N-dealkylation sites (N-methyl/N-ethyl adjacent to an activating group) is 1. The van der Waals surface area contributed by atoms with Crippen molar-refractivity contribution in [2.45, 2.75) is 51.1 Å². The molecular weight excluding hydrogens is 398 g/mol. The first-order chi connectivity index (χ1) is 14.7. The van der Waals surface area contributed by atoms with E-state index in [1.54, 1.807) is 18.2 Å². The first-order valence-corrected chi connectivity index (χ1v) is 10.8. The molecule has 2 atom stereocenters. The van der Waals surface area contributed by atoms with E-state index in [-0.39, 0.29) is 30.4 Å². The van der Waals surface area contributed by atoms with Gasteiger partial charge >= 0.3 is 12.1 Å². The van der Waals surface area contributed by atoms with Crippen molar-refractivity contribution in [3.05, 3.63) is 29.3 Å². The molecule has 3 fully saturated rings. The molecule has 2 N–H and O–H groups in total. The molecule has 1 aromatic carbocycles. The van der Waals surface area contributed by atoms with Crippen LogP contribution in [0.2, 0.25) is 0 Å². The number of rotatable bonds is 2. The molecular formula is C22H29N5O4. The van der Waals surface area contributed by atoms with Crippen LogP contribution in [-0.2, 0) is 4.79 Å². The van der Waals surface area contributed by atoms with Crippen molar-refractivity contribution >= 4 is 29.6 Å². The van der Waals surface area contributed by atoms with Gasteiger partial charge in [0.2, 0.25) is 0 Å². The predicted octanol–water partition coefficient (Wildman–Crippen LogP) is 2.17. The summed E-state index contributed by atoms with van der Waals surface area (Å²) in [4.78, 5) is 54.4. The third-order valence-electron chi connectivity index (χ3n) is 6.70. The van der Waals surface area contributed by atoms with Gasteiger partial charge in [0, 0.05) is 37.4 Å². The second-order valence-electron chi connectivity index (χ2n) is 8.85. The summed E-state index contributed by atoms with van der Waals surface area (Å²) in [6, 6.07) is 4.76. The van der Waals surface area contributed by atoms with Crippen LogP contribution in [0.4, 0.5) is 15.3 Å². The summed E-state index contributed by atoms with van der Waals surface area (Å²) >= 11 is 0. The number of urea groups is 2. The molecule has 3 aliphatic rings. The maximum Gasteiger partial charge on any atom is 0.324 e. The van der Waals surface area contributed by atoms with Crippen molar-refractivity contribution < 1.29 is 19.2 Å². The largest absolute Gasteiger partial charge is 0.336 e. The highest BCUT2D eigenvalue weighted by Gasteiger charge is 2.54. The molecule has 0 radical (unpaired) electrons. The van der Waals surface area contributed by atoms with Gasteiger partial charge in [0.25, 0.3) is 11.8 Å². The van der Waals surface area contributed by atoms with Gasteiger partial charge in [-0.1, -0.05) is 0 Å². The number of hydrogen-bond acceptors (Lipinski definition) is 4. The first kappa shape index (κ1) is 21.1. The molecule has 1 spiro atoms. The standard InChI is InChI=1S/C22H29N5O4/c1-14-12-16(18(28)27-10-5-4-6-15(27)2)7-8-17(14)23-20(30)26-11-9-22(13-26)19(29)25(3)21(31)24-22/h7-8,12,15H,4-6,9-11,13H2,1-3H3,(H,23,30)(H,24,31). The zero-order valence-electron chi connectivity index (χ0n) is 18.2. The van der Waals surface area contributed by atoms with E-state index < -0.39 is 11.6 Å². The predicted molar refractivity (Wildman–Crippen MR) is 115 cm³/mol. The molecule has 6 amide bonds. The number of anilines is 1. The van der Waals surface area contributed by atoms with Gasteiger partial charge in [-0.2, -0.15) is 0 Å². The van der Waals surface area contributed by atoms with Gasteiger partial charge in [-0.3, -0.25) is 14.5 Å². The molecule has 3 heterocycles. The average Bonchev–Trinajstić information content (AvgIpc) is 3.27. The Morgan fingerprint density at radius 2 is 1.97 bits per heavy atom. The highest BCUT2D eigenvalue weighted by Crippen LogP contribution is 2.29. The molecule has 4 rings (SSSR count).